The largest absolute Gasteiger partial charge is 0.299 e. The Bertz CT molecular complexity index is 343. The molecule has 1 aromatic rings. The van der Waals surface area contributed by atoms with Crippen molar-refractivity contribution in [3.8, 4) is 0 Å². The van der Waals surface area contributed by atoms with Crippen molar-refractivity contribution in [2.75, 3.05) is 0 Å². The maximum Gasteiger partial charge on any atom is 0.254 e. The lowest BCUT2D eigenvalue weighted by Crippen LogP contribution is -2.20. The fraction of sp³-hybridized carbons (Fsp3) is 0.500. The molecule has 0 spiro atoms. The number of hydrogen-bond donors (Lipinski definition) is 0. The van der Waals surface area contributed by atoms with Gasteiger partial charge >= 0.3 is 0 Å². The van der Waals surface area contributed by atoms with E-state index in [0.717, 1.165) is 6.54 Å². The van der Waals surface area contributed by atoms with E-state index < -0.39 is 0 Å². The van der Waals surface area contributed by atoms with Gasteiger partial charge in [0.25, 0.3) is 5.56 Å². The lowest BCUT2D eigenvalue weighted by Gasteiger charge is -2.01. The van der Waals surface area contributed by atoms with Crippen LogP contribution < -0.4 is 5.56 Å². The maximum atomic E-state index is 11.2. The number of halogens is 1. The second-order valence-corrected chi connectivity index (χ2v) is 3.53. The van der Waals surface area contributed by atoms with Gasteiger partial charge in [0.1, 0.15) is 5.15 Å². The fourth-order valence-electron chi connectivity index (χ4n) is 1.12. The summed E-state index contributed by atoms with van der Waals surface area (Å²) in [6, 6.07) is 1.35. The highest BCUT2D eigenvalue weighted by Crippen LogP contribution is 2.29. The highest BCUT2D eigenvalue weighted by molar-refractivity contribution is 6.29. The van der Waals surface area contributed by atoms with Gasteiger partial charge in [-0.15, -0.1) is 0 Å². The van der Waals surface area contributed by atoms with Crippen LogP contribution in [0.5, 0.6) is 0 Å². The van der Waals surface area contributed by atoms with Crippen molar-refractivity contribution >= 4 is 11.6 Å². The van der Waals surface area contributed by atoms with Crippen molar-refractivity contribution in [2.24, 2.45) is 5.92 Å². The van der Waals surface area contributed by atoms with Gasteiger partial charge in [0.05, 0.1) is 6.33 Å². The summed E-state index contributed by atoms with van der Waals surface area (Å²) < 4.78 is 1.61. The van der Waals surface area contributed by atoms with Crippen LogP contribution >= 0.6 is 11.6 Å². The first-order valence-corrected chi connectivity index (χ1v) is 4.35. The molecule has 0 N–H and O–H groups in total. The zero-order chi connectivity index (χ0) is 8.55. The van der Waals surface area contributed by atoms with Crippen molar-refractivity contribution in [1.29, 1.82) is 0 Å². The SMILES string of the molecule is O=c1cc(Cl)ncn1CC1CC1. The second-order valence-electron chi connectivity index (χ2n) is 3.15. The molecule has 0 aliphatic heterocycles. The first kappa shape index (κ1) is 7.80. The van der Waals surface area contributed by atoms with Gasteiger partial charge in [-0.2, -0.15) is 0 Å². The van der Waals surface area contributed by atoms with Crippen LogP contribution in [0.4, 0.5) is 0 Å². The highest BCUT2D eigenvalue weighted by atomic mass is 35.5. The average molecular weight is 185 g/mol. The van der Waals surface area contributed by atoms with E-state index in [4.69, 9.17) is 11.6 Å². The Hall–Kier alpha value is -0.830. The zero-order valence-corrected chi connectivity index (χ0v) is 7.29. The molecule has 0 aromatic carbocycles. The van der Waals surface area contributed by atoms with E-state index in [9.17, 15) is 4.79 Å². The van der Waals surface area contributed by atoms with Gasteiger partial charge in [-0.25, -0.2) is 4.98 Å². The first-order valence-electron chi connectivity index (χ1n) is 3.98. The Morgan fingerprint density at radius 3 is 3.00 bits per heavy atom. The topological polar surface area (TPSA) is 34.9 Å². The van der Waals surface area contributed by atoms with Crippen LogP contribution in [0.2, 0.25) is 5.15 Å². The molecule has 0 atom stereocenters. The van der Waals surface area contributed by atoms with E-state index in [1.165, 1.54) is 25.2 Å². The van der Waals surface area contributed by atoms with Crippen molar-refractivity contribution < 1.29 is 0 Å². The Morgan fingerprint density at radius 2 is 2.42 bits per heavy atom. The van der Waals surface area contributed by atoms with Gasteiger partial charge in [0.15, 0.2) is 0 Å². The van der Waals surface area contributed by atoms with Gasteiger partial charge in [0, 0.05) is 12.6 Å². The van der Waals surface area contributed by atoms with E-state index in [1.54, 1.807) is 4.57 Å². The van der Waals surface area contributed by atoms with Gasteiger partial charge in [-0.3, -0.25) is 9.36 Å². The average Bonchev–Trinajstić information content (AvgIpc) is 2.79. The predicted octanol–water partition coefficient (Wildman–Crippen LogP) is 1.31. The van der Waals surface area contributed by atoms with Crippen molar-refractivity contribution in [3.05, 3.63) is 27.9 Å². The summed E-state index contributed by atoms with van der Waals surface area (Å²) in [4.78, 5) is 15.1. The van der Waals surface area contributed by atoms with Crippen LogP contribution in [0.3, 0.4) is 0 Å². The molecular weight excluding hydrogens is 176 g/mol. The minimum absolute atomic E-state index is 0.0538. The fourth-order valence-corrected chi connectivity index (χ4v) is 1.26. The van der Waals surface area contributed by atoms with Crippen LogP contribution in [0.15, 0.2) is 17.2 Å². The van der Waals surface area contributed by atoms with Gasteiger partial charge in [-0.1, -0.05) is 11.6 Å². The molecule has 1 aromatic heterocycles. The smallest absolute Gasteiger partial charge is 0.254 e. The summed E-state index contributed by atoms with van der Waals surface area (Å²) in [7, 11) is 0. The normalized spacial score (nSPS) is 16.4. The lowest BCUT2D eigenvalue weighted by molar-refractivity contribution is 0.596. The van der Waals surface area contributed by atoms with Crippen molar-refractivity contribution in [3.63, 3.8) is 0 Å². The second kappa shape index (κ2) is 2.90. The molecule has 3 nitrogen and oxygen atoms in total. The van der Waals surface area contributed by atoms with Crippen LogP contribution in [-0.2, 0) is 6.54 Å². The minimum atomic E-state index is -0.0538. The molecule has 64 valence electrons. The molecule has 1 fully saturated rings. The molecule has 1 aliphatic carbocycles. The molecule has 0 bridgehead atoms. The van der Waals surface area contributed by atoms with E-state index in [1.807, 2.05) is 0 Å². The summed E-state index contributed by atoms with van der Waals surface area (Å²) in [5, 5.41) is 0.270. The number of rotatable bonds is 2. The molecular formula is C8H9ClN2O. The summed E-state index contributed by atoms with van der Waals surface area (Å²) in [5.74, 6) is 0.686. The van der Waals surface area contributed by atoms with Crippen LogP contribution in [0, 0.1) is 5.92 Å². The van der Waals surface area contributed by atoms with Crippen LogP contribution in [0.1, 0.15) is 12.8 Å². The molecule has 1 saturated carbocycles. The molecule has 12 heavy (non-hydrogen) atoms. The Labute approximate surface area is 75.0 Å². The van der Waals surface area contributed by atoms with E-state index in [2.05, 4.69) is 4.98 Å². The summed E-state index contributed by atoms with van der Waals surface area (Å²) in [6.07, 6.45) is 3.98. The minimum Gasteiger partial charge on any atom is -0.299 e. The molecule has 0 unspecified atom stereocenters. The van der Waals surface area contributed by atoms with Gasteiger partial charge in [0.2, 0.25) is 0 Å². The summed E-state index contributed by atoms with van der Waals surface area (Å²) in [5.41, 5.74) is -0.0538. The zero-order valence-electron chi connectivity index (χ0n) is 6.53. The molecule has 0 amide bonds. The van der Waals surface area contributed by atoms with E-state index in [0.29, 0.717) is 5.92 Å². The van der Waals surface area contributed by atoms with Gasteiger partial charge in [-0.05, 0) is 18.8 Å². The highest BCUT2D eigenvalue weighted by Gasteiger charge is 2.21. The third-order valence-electron chi connectivity index (χ3n) is 2.00. The Balaban J connectivity index is 2.24. The molecule has 1 heterocycles. The monoisotopic (exact) mass is 184 g/mol. The molecule has 1 aliphatic rings. The van der Waals surface area contributed by atoms with Crippen molar-refractivity contribution in [2.45, 2.75) is 19.4 Å². The quantitative estimate of drug-likeness (QED) is 0.650. The summed E-state index contributed by atoms with van der Waals surface area (Å²) >= 11 is 5.54. The lowest BCUT2D eigenvalue weighted by atomic mass is 10.4. The van der Waals surface area contributed by atoms with Crippen LogP contribution in [0.25, 0.3) is 0 Å². The standard InChI is InChI=1S/C8H9ClN2O/c9-7-3-8(12)11(5-10-7)4-6-1-2-6/h3,5-6H,1-2,4H2. The Morgan fingerprint density at radius 1 is 1.67 bits per heavy atom. The number of nitrogens with zero attached hydrogens (tertiary/aromatic N) is 2. The van der Waals surface area contributed by atoms with E-state index >= 15 is 0 Å². The molecule has 4 heteroatoms. The molecule has 2 rings (SSSR count). The third-order valence-corrected chi connectivity index (χ3v) is 2.20. The van der Waals surface area contributed by atoms with Crippen molar-refractivity contribution in [1.82, 2.24) is 9.55 Å². The number of hydrogen-bond acceptors (Lipinski definition) is 2. The molecule has 0 saturated heterocycles. The summed E-state index contributed by atoms with van der Waals surface area (Å²) in [6.45, 7) is 0.795. The Kier molecular flexibility index (Phi) is 1.89. The molecule has 0 radical (unpaired) electrons. The van der Waals surface area contributed by atoms with Crippen LogP contribution in [-0.4, -0.2) is 9.55 Å². The van der Waals surface area contributed by atoms with E-state index in [-0.39, 0.29) is 10.7 Å². The predicted molar refractivity (Wildman–Crippen MR) is 46.2 cm³/mol. The first-order chi connectivity index (χ1) is 5.75. The number of aromatic nitrogens is 2. The third kappa shape index (κ3) is 1.67. The van der Waals surface area contributed by atoms with Gasteiger partial charge < -0.3 is 0 Å². The maximum absolute atomic E-state index is 11.2.